The number of aliphatic hydroxyl groups excluding tert-OH is 4. The van der Waals surface area contributed by atoms with Crippen LogP contribution in [0.1, 0.15) is 26.2 Å². The molecule has 2 heterocycles. The molecule has 12 atom stereocenters. The van der Waals surface area contributed by atoms with Gasteiger partial charge in [0.15, 0.2) is 6.29 Å². The predicted molar refractivity (Wildman–Crippen MR) is 143 cm³/mol. The van der Waals surface area contributed by atoms with Crippen LogP contribution in [0, 0.1) is 5.92 Å². The lowest BCUT2D eigenvalue weighted by molar-refractivity contribution is -0.297. The van der Waals surface area contributed by atoms with E-state index in [1.807, 2.05) is 6.08 Å². The number of hydrogen-bond acceptors (Lipinski definition) is 14. The maximum Gasteiger partial charge on any atom is 0.249 e. The summed E-state index contributed by atoms with van der Waals surface area (Å²) in [5.74, 6) is -0.830. The molecule has 3 aliphatic rings. The van der Waals surface area contributed by atoms with Crippen LogP contribution in [0.25, 0.3) is 0 Å². The minimum absolute atomic E-state index is 0.0343. The number of hydrogen-bond donors (Lipinski definition) is 11. The molecular weight excluding hydrogens is 528 g/mol. The van der Waals surface area contributed by atoms with Crippen molar-refractivity contribution in [3.63, 3.8) is 0 Å². The molecule has 3 rings (SSSR count). The second-order valence-corrected chi connectivity index (χ2v) is 11.1. The molecule has 1 aliphatic carbocycles. The fourth-order valence-corrected chi connectivity index (χ4v) is 5.82. The van der Waals surface area contributed by atoms with Crippen LogP contribution in [-0.2, 0) is 19.0 Å². The maximum atomic E-state index is 12.7. The van der Waals surface area contributed by atoms with E-state index in [0.29, 0.717) is 25.3 Å². The Labute approximate surface area is 234 Å². The Bertz CT molecular complexity index is 852. The van der Waals surface area contributed by atoms with E-state index in [-0.39, 0.29) is 32.6 Å². The van der Waals surface area contributed by atoms with Gasteiger partial charge < -0.3 is 72.9 Å². The summed E-state index contributed by atoms with van der Waals surface area (Å²) < 4.78 is 18.0. The number of nitrogens with one attached hydrogen (secondary N) is 3. The van der Waals surface area contributed by atoms with Crippen molar-refractivity contribution < 1.29 is 44.5 Å². The highest BCUT2D eigenvalue weighted by Gasteiger charge is 2.53. The fourth-order valence-electron chi connectivity index (χ4n) is 5.82. The molecule has 0 radical (unpaired) electrons. The number of ether oxygens (including phenoxy) is 3. The standard InChI is InChI=1S/C25H48N6O9/c1-25(37)11-38-24(19(35)22(25)29-2)40-21-15(31-23(36)16(33)5-6-26)9-14(28)17(18(21)34)20-13(27)4-3-12(39-20)10-30-7-8-32/h3,13-22,24,29-30,32-35,37H,4-11,26-28H2,1-2H3,(H,31,36)/t13-,14+,15-,16-,17?,18+,19-,20+,21+,22-,24-,25+/m1/s1. The van der Waals surface area contributed by atoms with Crippen LogP contribution in [-0.4, -0.2) is 138 Å². The first-order valence-electron chi connectivity index (χ1n) is 13.8. The van der Waals surface area contributed by atoms with E-state index in [9.17, 15) is 25.2 Å². The predicted octanol–water partition coefficient (Wildman–Crippen LogP) is -5.09. The number of aliphatic hydroxyl groups is 5. The molecule has 1 unspecified atom stereocenters. The van der Waals surface area contributed by atoms with Gasteiger partial charge in [-0.05, 0) is 45.9 Å². The summed E-state index contributed by atoms with van der Waals surface area (Å²) in [6.07, 6.45) is -4.64. The normalized spacial score (nSPS) is 41.1. The van der Waals surface area contributed by atoms with Gasteiger partial charge in [-0.2, -0.15) is 0 Å². The van der Waals surface area contributed by atoms with Gasteiger partial charge in [0.1, 0.15) is 35.8 Å². The third kappa shape index (κ3) is 7.67. The van der Waals surface area contributed by atoms with Gasteiger partial charge >= 0.3 is 0 Å². The van der Waals surface area contributed by atoms with Crippen molar-refractivity contribution in [1.82, 2.24) is 16.0 Å². The zero-order chi connectivity index (χ0) is 29.6. The second-order valence-electron chi connectivity index (χ2n) is 11.1. The Morgan fingerprint density at radius 2 is 2.00 bits per heavy atom. The Morgan fingerprint density at radius 1 is 1.27 bits per heavy atom. The van der Waals surface area contributed by atoms with Crippen molar-refractivity contribution in [2.24, 2.45) is 23.1 Å². The van der Waals surface area contributed by atoms with Crippen LogP contribution in [0.2, 0.25) is 0 Å². The first-order valence-corrected chi connectivity index (χ1v) is 13.8. The molecule has 2 aliphatic heterocycles. The topological polar surface area (TPSA) is 260 Å². The van der Waals surface area contributed by atoms with Gasteiger partial charge in [0, 0.05) is 24.5 Å². The van der Waals surface area contributed by atoms with Gasteiger partial charge in [-0.25, -0.2) is 0 Å². The Balaban J connectivity index is 1.85. The number of carbonyl (C=O) groups excluding carboxylic acids is 1. The van der Waals surface area contributed by atoms with Crippen LogP contribution in [0.4, 0.5) is 0 Å². The number of nitrogens with two attached hydrogens (primary N) is 3. The molecule has 1 saturated carbocycles. The van der Waals surface area contributed by atoms with E-state index < -0.39 is 78.4 Å². The molecule has 0 aromatic carbocycles. The Hall–Kier alpha value is -1.47. The van der Waals surface area contributed by atoms with E-state index in [2.05, 4.69) is 16.0 Å². The smallest absolute Gasteiger partial charge is 0.249 e. The SMILES string of the molecule is CN[C@@H]1[C@@H](O)[C@@H](O[C@H]2[C@H](NC(=O)[C@H](O)CCN)C[C@H](N)C([C@H]3OC(CNCCO)=CC[C@H]3N)[C@@H]2O)OC[C@]1(C)O. The number of likely N-dealkylation sites (N-methyl/N-ethyl adjacent to an activating group) is 1. The first kappa shape index (κ1) is 33.0. The molecule has 0 spiro atoms. The van der Waals surface area contributed by atoms with Crippen molar-refractivity contribution in [3.8, 4) is 0 Å². The van der Waals surface area contributed by atoms with Gasteiger partial charge in [0.05, 0.1) is 37.9 Å². The molecule has 15 nitrogen and oxygen atoms in total. The van der Waals surface area contributed by atoms with E-state index >= 15 is 0 Å². The van der Waals surface area contributed by atoms with Crippen molar-refractivity contribution in [3.05, 3.63) is 11.8 Å². The van der Waals surface area contributed by atoms with Crippen LogP contribution >= 0.6 is 0 Å². The number of carbonyl (C=O) groups is 1. The summed E-state index contributed by atoms with van der Waals surface area (Å²) >= 11 is 0. The monoisotopic (exact) mass is 576 g/mol. The Morgan fingerprint density at radius 3 is 2.65 bits per heavy atom. The molecule has 2 fully saturated rings. The molecule has 0 aromatic heterocycles. The van der Waals surface area contributed by atoms with Gasteiger partial charge in [-0.15, -0.1) is 0 Å². The molecule has 1 amide bonds. The molecule has 0 aromatic rings. The second kappa shape index (κ2) is 14.6. The van der Waals surface area contributed by atoms with E-state index in [1.165, 1.54) is 6.92 Å². The average molecular weight is 577 g/mol. The van der Waals surface area contributed by atoms with Gasteiger partial charge in [-0.3, -0.25) is 4.79 Å². The summed E-state index contributed by atoms with van der Waals surface area (Å²) in [4.78, 5) is 12.7. The highest BCUT2D eigenvalue weighted by atomic mass is 16.7. The number of rotatable bonds is 12. The summed E-state index contributed by atoms with van der Waals surface area (Å²) in [6, 6.07) is -2.85. The lowest BCUT2D eigenvalue weighted by atomic mass is 9.72. The van der Waals surface area contributed by atoms with Crippen molar-refractivity contribution >= 4 is 5.91 Å². The minimum atomic E-state index is -1.39. The highest BCUT2D eigenvalue weighted by Crippen LogP contribution is 2.36. The van der Waals surface area contributed by atoms with E-state index in [0.717, 1.165) is 0 Å². The number of amides is 1. The quantitative estimate of drug-likeness (QED) is 0.0972. The van der Waals surface area contributed by atoms with Gasteiger partial charge in [0.2, 0.25) is 5.91 Å². The van der Waals surface area contributed by atoms with Crippen LogP contribution in [0.3, 0.4) is 0 Å². The largest absolute Gasteiger partial charge is 0.492 e. The lowest BCUT2D eigenvalue weighted by Crippen LogP contribution is -2.69. The van der Waals surface area contributed by atoms with Crippen LogP contribution < -0.4 is 33.2 Å². The van der Waals surface area contributed by atoms with Gasteiger partial charge in [0.25, 0.3) is 0 Å². The third-order valence-electron chi connectivity index (χ3n) is 7.95. The lowest BCUT2D eigenvalue weighted by Gasteiger charge is -2.50. The van der Waals surface area contributed by atoms with Crippen molar-refractivity contribution in [1.29, 1.82) is 0 Å². The Kier molecular flexibility index (Phi) is 12.1. The molecule has 40 heavy (non-hydrogen) atoms. The minimum Gasteiger partial charge on any atom is -0.492 e. The van der Waals surface area contributed by atoms with Crippen LogP contribution in [0.5, 0.6) is 0 Å². The molecule has 0 bridgehead atoms. The zero-order valence-corrected chi connectivity index (χ0v) is 23.2. The summed E-state index contributed by atoms with van der Waals surface area (Å²) in [6.45, 7) is 2.14. The average Bonchev–Trinajstić information content (AvgIpc) is 2.89. The van der Waals surface area contributed by atoms with Crippen LogP contribution in [0.15, 0.2) is 11.8 Å². The fraction of sp³-hybridized carbons (Fsp3) is 0.880. The zero-order valence-electron chi connectivity index (χ0n) is 23.2. The molecule has 232 valence electrons. The maximum absolute atomic E-state index is 12.7. The molecule has 1 saturated heterocycles. The van der Waals surface area contributed by atoms with Crippen molar-refractivity contribution in [2.45, 2.75) is 92.8 Å². The molecule has 15 heteroatoms. The summed E-state index contributed by atoms with van der Waals surface area (Å²) in [7, 11) is 1.58. The van der Waals surface area contributed by atoms with E-state index in [1.54, 1.807) is 7.05 Å². The summed E-state index contributed by atoms with van der Waals surface area (Å²) in [5, 5.41) is 61.1. The third-order valence-corrected chi connectivity index (χ3v) is 7.95. The molecular formula is C25H48N6O9. The summed E-state index contributed by atoms with van der Waals surface area (Å²) in [5.41, 5.74) is 17.1. The van der Waals surface area contributed by atoms with Crippen molar-refractivity contribution in [2.75, 3.05) is 39.9 Å². The first-order chi connectivity index (χ1) is 18.9. The van der Waals surface area contributed by atoms with E-state index in [4.69, 9.17) is 36.5 Å². The van der Waals surface area contributed by atoms with Gasteiger partial charge in [-0.1, -0.05) is 0 Å². The highest BCUT2D eigenvalue weighted by molar-refractivity contribution is 5.80. The molecule has 14 N–H and O–H groups in total.